The van der Waals surface area contributed by atoms with E-state index in [0.717, 1.165) is 35.8 Å². The van der Waals surface area contributed by atoms with Crippen LogP contribution in [0.5, 0.6) is 0 Å². The Morgan fingerprint density at radius 2 is 2.00 bits per heavy atom. The van der Waals surface area contributed by atoms with Crippen LogP contribution in [0.4, 0.5) is 0 Å². The molecule has 1 aliphatic rings. The number of nitrogens with zero attached hydrogens (tertiary/aromatic N) is 3. The Bertz CT molecular complexity index is 830. The molecular weight excluding hydrogens is 392 g/mol. The second-order valence-corrected chi connectivity index (χ2v) is 9.80. The third kappa shape index (κ3) is 4.71. The fourth-order valence-corrected chi connectivity index (χ4v) is 4.55. The summed E-state index contributed by atoms with van der Waals surface area (Å²) in [5.74, 6) is 0.818. The van der Waals surface area contributed by atoms with Crippen LogP contribution in [0.2, 0.25) is 5.02 Å². The average molecular weight is 421 g/mol. The van der Waals surface area contributed by atoms with Crippen molar-refractivity contribution in [2.75, 3.05) is 0 Å². The van der Waals surface area contributed by atoms with Crippen LogP contribution in [0.1, 0.15) is 65.8 Å². The lowest BCUT2D eigenvalue weighted by Gasteiger charge is -2.26. The minimum Gasteiger partial charge on any atom is -0.350 e. The first-order chi connectivity index (χ1) is 13.3. The van der Waals surface area contributed by atoms with E-state index < -0.39 is 0 Å². The summed E-state index contributed by atoms with van der Waals surface area (Å²) in [6.07, 6.45) is 5.50. The van der Waals surface area contributed by atoms with E-state index in [-0.39, 0.29) is 16.7 Å². The van der Waals surface area contributed by atoms with Gasteiger partial charge in [-0.1, -0.05) is 55.3 Å². The maximum absolute atomic E-state index is 12.7. The summed E-state index contributed by atoms with van der Waals surface area (Å²) in [6, 6.07) is 8.09. The Labute approximate surface area is 176 Å². The van der Waals surface area contributed by atoms with Gasteiger partial charge >= 0.3 is 0 Å². The first-order valence-electron chi connectivity index (χ1n) is 10.0. The molecule has 1 heterocycles. The van der Waals surface area contributed by atoms with Gasteiger partial charge in [0.1, 0.15) is 0 Å². The van der Waals surface area contributed by atoms with E-state index in [2.05, 4.69) is 27.0 Å². The summed E-state index contributed by atoms with van der Waals surface area (Å²) in [7, 11) is 0. The van der Waals surface area contributed by atoms with Crippen LogP contribution < -0.4 is 5.32 Å². The van der Waals surface area contributed by atoms with Gasteiger partial charge in [0, 0.05) is 17.1 Å². The number of hydrogen-bond donors (Lipinski definition) is 1. The van der Waals surface area contributed by atoms with Crippen molar-refractivity contribution in [1.82, 2.24) is 20.1 Å². The summed E-state index contributed by atoms with van der Waals surface area (Å²) in [4.78, 5) is 12.7. The maximum atomic E-state index is 12.7. The quantitative estimate of drug-likeness (QED) is 0.601. The second-order valence-electron chi connectivity index (χ2n) is 8.08. The molecule has 1 aliphatic carbocycles. The molecule has 28 heavy (non-hydrogen) atoms. The van der Waals surface area contributed by atoms with Crippen LogP contribution in [-0.4, -0.2) is 31.5 Å². The Morgan fingerprint density at radius 1 is 1.32 bits per heavy atom. The number of rotatable bonds is 7. The number of hydrogen-bond acceptors (Lipinski definition) is 4. The fraction of sp³-hybridized carbons (Fsp3) is 0.571. The minimum atomic E-state index is -0.255. The predicted molar refractivity (Wildman–Crippen MR) is 116 cm³/mol. The number of amides is 1. The molecule has 152 valence electrons. The highest BCUT2D eigenvalue weighted by Crippen LogP contribution is 2.39. The van der Waals surface area contributed by atoms with Gasteiger partial charge in [-0.2, -0.15) is 0 Å². The highest BCUT2D eigenvalue weighted by molar-refractivity contribution is 8.00. The lowest BCUT2D eigenvalue weighted by Crippen LogP contribution is -2.46. The zero-order valence-electron chi connectivity index (χ0n) is 17.0. The molecule has 5 nitrogen and oxygen atoms in total. The highest BCUT2D eigenvalue weighted by Gasteiger charge is 2.29. The van der Waals surface area contributed by atoms with Crippen molar-refractivity contribution in [2.45, 2.75) is 81.8 Å². The summed E-state index contributed by atoms with van der Waals surface area (Å²) >= 11 is 7.91. The van der Waals surface area contributed by atoms with Crippen molar-refractivity contribution >= 4 is 29.3 Å². The molecule has 0 radical (unpaired) electrons. The molecule has 0 spiro atoms. The summed E-state index contributed by atoms with van der Waals surface area (Å²) < 4.78 is 2.20. The van der Waals surface area contributed by atoms with E-state index >= 15 is 0 Å². The van der Waals surface area contributed by atoms with Crippen LogP contribution >= 0.6 is 23.4 Å². The number of carbonyl (C=O) groups is 1. The fourth-order valence-electron chi connectivity index (χ4n) is 3.41. The van der Waals surface area contributed by atoms with Gasteiger partial charge in [-0.25, -0.2) is 0 Å². The van der Waals surface area contributed by atoms with Crippen LogP contribution in [0.3, 0.4) is 0 Å². The largest absolute Gasteiger partial charge is 0.350 e. The SMILES string of the molecule is CCC(C)(C)NC(=O)C(C)Sc1nnc(-c2ccccc2Cl)n1C1CCCC1. The Morgan fingerprint density at radius 3 is 2.64 bits per heavy atom. The number of carbonyl (C=O) groups excluding carboxylic acids is 1. The lowest BCUT2D eigenvalue weighted by atomic mass is 10.0. The minimum absolute atomic E-state index is 0.0251. The van der Waals surface area contributed by atoms with Gasteiger partial charge in [-0.15, -0.1) is 10.2 Å². The predicted octanol–water partition coefficient (Wildman–Crippen LogP) is 5.50. The Kier molecular flexibility index (Phi) is 6.71. The number of nitrogens with one attached hydrogen (secondary N) is 1. The van der Waals surface area contributed by atoms with Crippen molar-refractivity contribution < 1.29 is 4.79 Å². The molecule has 1 saturated carbocycles. The van der Waals surface area contributed by atoms with E-state index in [0.29, 0.717) is 11.1 Å². The molecule has 3 rings (SSSR count). The van der Waals surface area contributed by atoms with Crippen molar-refractivity contribution in [3.8, 4) is 11.4 Å². The molecule has 1 aromatic heterocycles. The van der Waals surface area contributed by atoms with Gasteiger partial charge in [-0.05, 0) is 52.2 Å². The van der Waals surface area contributed by atoms with Crippen molar-refractivity contribution in [1.29, 1.82) is 0 Å². The molecule has 1 N–H and O–H groups in total. The molecule has 0 aliphatic heterocycles. The van der Waals surface area contributed by atoms with E-state index in [1.165, 1.54) is 24.6 Å². The van der Waals surface area contributed by atoms with Crippen molar-refractivity contribution in [3.05, 3.63) is 29.3 Å². The zero-order valence-corrected chi connectivity index (χ0v) is 18.6. The molecule has 0 saturated heterocycles. The normalized spacial score (nSPS) is 16.3. The lowest BCUT2D eigenvalue weighted by molar-refractivity contribution is -0.121. The van der Waals surface area contributed by atoms with Gasteiger partial charge in [-0.3, -0.25) is 9.36 Å². The van der Waals surface area contributed by atoms with Crippen molar-refractivity contribution in [2.24, 2.45) is 0 Å². The van der Waals surface area contributed by atoms with E-state index in [4.69, 9.17) is 11.6 Å². The van der Waals surface area contributed by atoms with Gasteiger partial charge in [0.25, 0.3) is 0 Å². The number of benzene rings is 1. The summed E-state index contributed by atoms with van der Waals surface area (Å²) in [6.45, 7) is 8.08. The standard InChI is InChI=1S/C21H29ClN4OS/c1-5-21(3,4)23-19(27)14(2)28-20-25-24-18(16-12-8-9-13-17(16)22)26(20)15-10-6-7-11-15/h8-9,12-15H,5-7,10-11H2,1-4H3,(H,23,27). The summed E-state index contributed by atoms with van der Waals surface area (Å²) in [5, 5.41) is 13.3. The molecular formula is C21H29ClN4OS. The second kappa shape index (κ2) is 8.87. The van der Waals surface area contributed by atoms with E-state index in [1.54, 1.807) is 0 Å². The number of thioether (sulfide) groups is 1. The van der Waals surface area contributed by atoms with Gasteiger partial charge < -0.3 is 5.32 Å². The topological polar surface area (TPSA) is 59.8 Å². The molecule has 1 amide bonds. The van der Waals surface area contributed by atoms with Gasteiger partial charge in [0.2, 0.25) is 5.91 Å². The van der Waals surface area contributed by atoms with Gasteiger partial charge in [0.15, 0.2) is 11.0 Å². The Hall–Kier alpha value is -1.53. The van der Waals surface area contributed by atoms with Crippen LogP contribution in [-0.2, 0) is 4.79 Å². The molecule has 1 fully saturated rings. The average Bonchev–Trinajstić information content (AvgIpc) is 3.31. The van der Waals surface area contributed by atoms with Gasteiger partial charge in [0.05, 0.1) is 10.3 Å². The maximum Gasteiger partial charge on any atom is 0.233 e. The van der Waals surface area contributed by atoms with Crippen LogP contribution in [0, 0.1) is 0 Å². The molecule has 2 aromatic rings. The molecule has 1 aromatic carbocycles. The van der Waals surface area contributed by atoms with Crippen LogP contribution in [0.25, 0.3) is 11.4 Å². The summed E-state index contributed by atoms with van der Waals surface area (Å²) in [5.41, 5.74) is 0.674. The zero-order chi connectivity index (χ0) is 20.3. The first-order valence-corrected chi connectivity index (χ1v) is 11.3. The third-order valence-electron chi connectivity index (χ3n) is 5.47. The molecule has 1 atom stereocenters. The van der Waals surface area contributed by atoms with E-state index in [9.17, 15) is 4.79 Å². The Balaban J connectivity index is 1.89. The molecule has 7 heteroatoms. The van der Waals surface area contributed by atoms with E-state index in [1.807, 2.05) is 45.0 Å². The number of halogens is 1. The molecule has 0 bridgehead atoms. The smallest absolute Gasteiger partial charge is 0.233 e. The molecule has 1 unspecified atom stereocenters. The first kappa shape index (κ1) is 21.2. The van der Waals surface area contributed by atoms with Crippen LogP contribution in [0.15, 0.2) is 29.4 Å². The van der Waals surface area contributed by atoms with Crippen molar-refractivity contribution in [3.63, 3.8) is 0 Å². The monoisotopic (exact) mass is 420 g/mol. The third-order valence-corrected chi connectivity index (χ3v) is 6.85. The highest BCUT2D eigenvalue weighted by atomic mass is 35.5. The number of aromatic nitrogens is 3.